The van der Waals surface area contributed by atoms with Crippen molar-refractivity contribution >= 4 is 0 Å². The first-order valence-electron chi connectivity index (χ1n) is 43.1. The molecule has 0 aromatic carbocycles. The third-order valence-corrected chi connectivity index (χ3v) is 20.0. The zero-order valence-corrected chi connectivity index (χ0v) is 81.0. The highest BCUT2D eigenvalue weighted by Crippen LogP contribution is 2.46. The molecule has 0 rings (SSSR count). The average molecular weight is 1910 g/mol. The van der Waals surface area contributed by atoms with Gasteiger partial charge in [-0.15, -0.1) is 0 Å². The van der Waals surface area contributed by atoms with E-state index in [0.29, 0.717) is 68.6 Å². The fourth-order valence-electron chi connectivity index (χ4n) is 7.89. The van der Waals surface area contributed by atoms with E-state index in [1.165, 1.54) is 81.1 Å². The molecule has 1 unspecified atom stereocenters. The van der Waals surface area contributed by atoms with E-state index in [2.05, 4.69) is 76.2 Å². The van der Waals surface area contributed by atoms with Crippen LogP contribution in [0.2, 0.25) is 0 Å². The Kier molecular flexibility index (Phi) is 84.9. The lowest BCUT2D eigenvalue weighted by atomic mass is 9.81. The summed E-state index contributed by atoms with van der Waals surface area (Å²) in [5.41, 5.74) is -2.59. The molecule has 770 valence electrons. The molecule has 0 saturated carbocycles. The largest absolute Gasteiger partial charge is 0.400 e. The van der Waals surface area contributed by atoms with Gasteiger partial charge in [0.1, 0.15) is 0 Å². The maximum absolute atomic E-state index is 12.1. The standard InChI is InChI=1S/2C7H10F6.8C7H13F3.3C6H14/c1-4(2)3-5(6(8,9)10)7(11,12)13;1-2-3-4-5(6(8,9)10)7(11,12)13;1-5(2)6(3,4)7(8,9)10;1-4-6(2,3)5-7(8,9)10;1-4-5-6(2,3)7(8,9)10;1-4-5(2)6(3)7(8,9)10;1-3-4-6(2)5-7(8,9)10;1-3-4-5-6(2)7(8,9)10;1-3-6(4-2)5-7(8,9)10;1-2-3-4-5-6-7(8,9)10;2*1-5-6(2,3)4;1-4-6(3)5-2/h4-5H,3H2,1-2H3;5H,2-4H2,1H3;5H,1-4H3;2*4-5H2,1-3H3;5-6H,4H2,1-3H3;3*6H,3-5H2,1-2H3;2-6H2,1H3;2*5H2,1-4H3;6H,4-5H2,1-3H3/t;;;;;5-,6?;2*6-;;;;;/m.....000...../s1. The van der Waals surface area contributed by atoms with E-state index in [1.807, 2.05) is 20.8 Å². The van der Waals surface area contributed by atoms with Crippen molar-refractivity contribution in [2.45, 2.75) is 483 Å². The molecule has 0 aliphatic carbocycles. The normalized spacial score (nSPS) is 13.9. The number of alkyl halides is 36. The minimum atomic E-state index is -5.19. The number of hydrogen-bond acceptors (Lipinski definition) is 0. The van der Waals surface area contributed by atoms with Crippen molar-refractivity contribution in [2.75, 3.05) is 0 Å². The molecule has 0 radical (unpaired) electrons. The Morgan fingerprint density at radius 1 is 0.266 bits per heavy atom. The van der Waals surface area contributed by atoms with Gasteiger partial charge in [0.2, 0.25) is 0 Å². The van der Waals surface area contributed by atoms with Crippen LogP contribution in [-0.4, -0.2) is 74.1 Å². The molecule has 124 heavy (non-hydrogen) atoms. The highest BCUT2D eigenvalue weighted by atomic mass is 19.5. The van der Waals surface area contributed by atoms with E-state index in [4.69, 9.17) is 0 Å². The molecule has 4 atom stereocenters. The Hall–Kier alpha value is -2.52. The van der Waals surface area contributed by atoms with Crippen molar-refractivity contribution in [2.24, 2.45) is 86.3 Å². The fraction of sp³-hybridized carbons (Fsp3) is 1.00. The molecule has 0 fully saturated rings. The van der Waals surface area contributed by atoms with E-state index >= 15 is 0 Å². The predicted molar refractivity (Wildman–Crippen MR) is 437 cm³/mol. The Morgan fingerprint density at radius 3 is 0.750 bits per heavy atom. The molecule has 0 saturated heterocycles. The van der Waals surface area contributed by atoms with Crippen molar-refractivity contribution in [1.82, 2.24) is 0 Å². The second kappa shape index (κ2) is 70.2. The first kappa shape index (κ1) is 150. The minimum Gasteiger partial charge on any atom is -0.171 e. The van der Waals surface area contributed by atoms with Crippen molar-refractivity contribution in [3.8, 4) is 0 Å². The molecule has 0 aliphatic rings. The SMILES string of the molecule is CC(C)C(C)(C)C(F)(F)F.CC(C)CC(C(F)(F)F)C(F)(F)F.CCC(C)(C)C.CCC(C)(C)C.CCC(C)(C)CC(F)(F)F.CCC(C)CC.CCC(CC)CC(F)(F)F.CCCC(C)(C)C(F)(F)F.CCCCC(C(F)(F)F)C(F)(F)F.CCCCCCC(F)(F)F.CCCC[C@H](C)C(F)(F)F.CCC[C@H](C)CC(F)(F)F.CC[C@H](C)C(C)C(F)(F)F. The van der Waals surface area contributed by atoms with Crippen LogP contribution >= 0.6 is 0 Å². The van der Waals surface area contributed by atoms with Crippen LogP contribution in [0.3, 0.4) is 0 Å². The summed E-state index contributed by atoms with van der Waals surface area (Å²) in [7, 11) is 0. The highest BCUT2D eigenvalue weighted by Gasteiger charge is 2.57. The van der Waals surface area contributed by atoms with Crippen LogP contribution in [-0.2, 0) is 0 Å². The van der Waals surface area contributed by atoms with Gasteiger partial charge in [-0.2, -0.15) is 158 Å². The molecule has 0 aliphatic heterocycles. The molecule has 0 heterocycles. The summed E-state index contributed by atoms with van der Waals surface area (Å²) in [6, 6.07) is 0. The summed E-state index contributed by atoms with van der Waals surface area (Å²) in [5.74, 6) is -9.39. The maximum atomic E-state index is 12.1. The van der Waals surface area contributed by atoms with Gasteiger partial charge < -0.3 is 0 Å². The molecule has 36 heteroatoms. The second-order valence-corrected chi connectivity index (χ2v) is 36.6. The second-order valence-electron chi connectivity index (χ2n) is 36.6. The molecule has 0 amide bonds. The Labute approximate surface area is 725 Å². The number of hydrogen-bond donors (Lipinski definition) is 0. The van der Waals surface area contributed by atoms with Crippen LogP contribution in [0.1, 0.15) is 409 Å². The molecule has 0 aromatic rings. The molecular weight excluding hydrogens is 1740 g/mol. The van der Waals surface area contributed by atoms with Crippen molar-refractivity contribution in [3.63, 3.8) is 0 Å². The number of rotatable bonds is 27. The molecule has 0 bridgehead atoms. The van der Waals surface area contributed by atoms with Gasteiger partial charge in [-0.05, 0) is 83.9 Å². The van der Waals surface area contributed by atoms with Crippen LogP contribution in [0.25, 0.3) is 0 Å². The summed E-state index contributed by atoms with van der Waals surface area (Å²) in [6.45, 7) is 60.5. The summed E-state index contributed by atoms with van der Waals surface area (Å²) >= 11 is 0. The van der Waals surface area contributed by atoms with E-state index in [1.54, 1.807) is 83.1 Å². The van der Waals surface area contributed by atoms with E-state index in [0.717, 1.165) is 31.6 Å². The first-order chi connectivity index (χ1) is 54.3. The molecule has 0 spiro atoms. The average Bonchev–Trinajstić information content (AvgIpc) is 0.837. The number of unbranched alkanes of at least 4 members (excludes halogenated alkanes) is 5. The number of halogens is 36. The summed E-state index contributed by atoms with van der Waals surface area (Å²) in [6.07, 6.45) is -42.4. The van der Waals surface area contributed by atoms with Gasteiger partial charge in [-0.3, -0.25) is 0 Å². The van der Waals surface area contributed by atoms with Crippen LogP contribution in [0.5, 0.6) is 0 Å². The fourth-order valence-corrected chi connectivity index (χ4v) is 7.89. The Bertz CT molecular complexity index is 2230. The van der Waals surface area contributed by atoms with E-state index in [9.17, 15) is 158 Å². The molecule has 0 nitrogen and oxygen atoms in total. The van der Waals surface area contributed by atoms with Gasteiger partial charge in [0.25, 0.3) is 0 Å². The third kappa shape index (κ3) is 112. The summed E-state index contributed by atoms with van der Waals surface area (Å²) in [4.78, 5) is 0. The zero-order valence-electron chi connectivity index (χ0n) is 81.0. The predicted octanol–water partition coefficient (Wildman–Crippen LogP) is 41.9. The van der Waals surface area contributed by atoms with Gasteiger partial charge >= 0.3 is 74.1 Å². The van der Waals surface area contributed by atoms with Crippen LogP contribution in [0.4, 0.5) is 158 Å². The molecule has 0 aromatic heterocycles. The summed E-state index contributed by atoms with van der Waals surface area (Å²) < 4.78 is 425. The van der Waals surface area contributed by atoms with Crippen LogP contribution < -0.4 is 0 Å². The molecular formula is C88H166F36. The first-order valence-corrected chi connectivity index (χ1v) is 43.1. The quantitative estimate of drug-likeness (QED) is 0.0568. The van der Waals surface area contributed by atoms with Gasteiger partial charge in [0.15, 0.2) is 11.8 Å². The Morgan fingerprint density at radius 2 is 0.605 bits per heavy atom. The van der Waals surface area contributed by atoms with Crippen LogP contribution in [0.15, 0.2) is 0 Å². The van der Waals surface area contributed by atoms with Gasteiger partial charge in [0, 0.05) is 25.7 Å². The minimum absolute atomic E-state index is 0.0658. The lowest BCUT2D eigenvalue weighted by molar-refractivity contribution is -0.288. The Balaban J connectivity index is -0.0000000984. The van der Waals surface area contributed by atoms with Crippen molar-refractivity contribution in [3.05, 3.63) is 0 Å². The van der Waals surface area contributed by atoms with E-state index < -0.39 is 158 Å². The van der Waals surface area contributed by atoms with Crippen molar-refractivity contribution in [1.29, 1.82) is 0 Å². The van der Waals surface area contributed by atoms with Gasteiger partial charge in [-0.25, -0.2) is 0 Å². The smallest absolute Gasteiger partial charge is 0.171 e. The van der Waals surface area contributed by atoms with Gasteiger partial charge in [-0.1, -0.05) is 351 Å². The topological polar surface area (TPSA) is 0 Å². The van der Waals surface area contributed by atoms with Crippen LogP contribution in [0, 0.1) is 86.3 Å². The summed E-state index contributed by atoms with van der Waals surface area (Å²) in [5, 5.41) is 0. The highest BCUT2D eigenvalue weighted by molar-refractivity contribution is 4.81. The lowest BCUT2D eigenvalue weighted by Crippen LogP contribution is -2.37. The lowest BCUT2D eigenvalue weighted by Gasteiger charge is -2.31. The maximum Gasteiger partial charge on any atom is 0.400 e. The van der Waals surface area contributed by atoms with Crippen molar-refractivity contribution < 1.29 is 158 Å². The molecule has 0 N–H and O–H groups in total. The van der Waals surface area contributed by atoms with Gasteiger partial charge in [0.05, 0.1) is 22.7 Å². The van der Waals surface area contributed by atoms with E-state index in [-0.39, 0.29) is 49.4 Å². The third-order valence-electron chi connectivity index (χ3n) is 20.0. The zero-order chi connectivity index (χ0) is 103. The monoisotopic (exact) mass is 1910 g/mol.